The number of nitrogens with two attached hydrogens (primary N) is 1. The number of halogens is 1. The molecule has 0 saturated heterocycles. The normalized spacial score (nSPS) is 9.94. The lowest BCUT2D eigenvalue weighted by Crippen LogP contribution is -2.13. The van der Waals surface area contributed by atoms with Gasteiger partial charge in [-0.3, -0.25) is 0 Å². The van der Waals surface area contributed by atoms with E-state index in [1.165, 1.54) is 18.3 Å². The van der Waals surface area contributed by atoms with Crippen LogP contribution in [0.1, 0.15) is 10.6 Å². The van der Waals surface area contributed by atoms with Crippen molar-refractivity contribution in [3.63, 3.8) is 0 Å². The molecule has 0 aliphatic heterocycles. The fraction of sp³-hybridized carbons (Fsp3) is 0. The van der Waals surface area contributed by atoms with Gasteiger partial charge in [0.05, 0.1) is 0 Å². The molecule has 0 aliphatic rings. The molecule has 0 bridgehead atoms. The van der Waals surface area contributed by atoms with Crippen molar-refractivity contribution in [1.82, 2.24) is 9.97 Å². The van der Waals surface area contributed by atoms with Crippen LogP contribution in [0.5, 0.6) is 5.75 Å². The van der Waals surface area contributed by atoms with Crippen LogP contribution in [0.4, 0.5) is 5.82 Å². The Hall–Kier alpha value is -2.14. The predicted octanol–water partition coefficient (Wildman–Crippen LogP) is 1.93. The zero-order valence-corrected chi connectivity index (χ0v) is 9.39. The lowest BCUT2D eigenvalue weighted by Gasteiger charge is -2.03. The third kappa shape index (κ3) is 2.92. The Bertz CT molecular complexity index is 560. The van der Waals surface area contributed by atoms with Crippen molar-refractivity contribution in [2.24, 2.45) is 0 Å². The van der Waals surface area contributed by atoms with E-state index in [9.17, 15) is 4.79 Å². The number of anilines is 1. The van der Waals surface area contributed by atoms with Gasteiger partial charge in [0.25, 0.3) is 0 Å². The zero-order valence-electron chi connectivity index (χ0n) is 8.63. The molecule has 0 saturated carbocycles. The molecule has 0 radical (unpaired) electrons. The highest BCUT2D eigenvalue weighted by Crippen LogP contribution is 2.17. The number of nitrogen functional groups attached to an aromatic ring is 1. The third-order valence-electron chi connectivity index (χ3n) is 1.87. The second-order valence-corrected chi connectivity index (χ2v) is 3.59. The van der Waals surface area contributed by atoms with Gasteiger partial charge in [-0.15, -0.1) is 0 Å². The molecular weight excluding hydrogens is 242 g/mol. The maximum atomic E-state index is 11.6. The first-order valence-corrected chi connectivity index (χ1v) is 5.09. The van der Waals surface area contributed by atoms with E-state index in [-0.39, 0.29) is 11.6 Å². The highest BCUT2D eigenvalue weighted by molar-refractivity contribution is 6.30. The van der Waals surface area contributed by atoms with Gasteiger partial charge >= 0.3 is 5.97 Å². The van der Waals surface area contributed by atoms with Gasteiger partial charge in [0.1, 0.15) is 11.6 Å². The Morgan fingerprint density at radius 2 is 2.18 bits per heavy atom. The molecule has 2 aromatic rings. The van der Waals surface area contributed by atoms with Gasteiger partial charge in [-0.05, 0) is 24.3 Å². The van der Waals surface area contributed by atoms with Gasteiger partial charge in [-0.2, -0.15) is 0 Å². The van der Waals surface area contributed by atoms with Crippen molar-refractivity contribution in [2.45, 2.75) is 0 Å². The maximum absolute atomic E-state index is 11.6. The quantitative estimate of drug-likeness (QED) is 0.650. The minimum Gasteiger partial charge on any atom is -0.421 e. The number of hydrogen-bond acceptors (Lipinski definition) is 5. The Balaban J connectivity index is 2.17. The van der Waals surface area contributed by atoms with Crippen molar-refractivity contribution in [1.29, 1.82) is 0 Å². The lowest BCUT2D eigenvalue weighted by atomic mass is 10.3. The van der Waals surface area contributed by atoms with Crippen LogP contribution in [0.25, 0.3) is 0 Å². The average Bonchev–Trinajstić information content (AvgIpc) is 2.29. The number of benzene rings is 1. The zero-order chi connectivity index (χ0) is 12.3. The van der Waals surface area contributed by atoms with Crippen molar-refractivity contribution < 1.29 is 9.53 Å². The van der Waals surface area contributed by atoms with E-state index in [0.29, 0.717) is 10.8 Å². The van der Waals surface area contributed by atoms with Gasteiger partial charge in [0.2, 0.25) is 5.82 Å². The van der Waals surface area contributed by atoms with Gasteiger partial charge in [-0.1, -0.05) is 17.7 Å². The van der Waals surface area contributed by atoms with Crippen molar-refractivity contribution >= 4 is 23.4 Å². The topological polar surface area (TPSA) is 78.1 Å². The molecule has 0 fully saturated rings. The molecule has 17 heavy (non-hydrogen) atoms. The molecule has 1 aromatic carbocycles. The van der Waals surface area contributed by atoms with Crippen LogP contribution in [0.15, 0.2) is 36.5 Å². The van der Waals surface area contributed by atoms with E-state index in [0.717, 1.165) is 0 Å². The summed E-state index contributed by atoms with van der Waals surface area (Å²) in [4.78, 5) is 19.1. The van der Waals surface area contributed by atoms with Crippen LogP contribution >= 0.6 is 11.6 Å². The van der Waals surface area contributed by atoms with E-state index >= 15 is 0 Å². The van der Waals surface area contributed by atoms with E-state index in [2.05, 4.69) is 9.97 Å². The molecule has 1 aromatic heterocycles. The van der Waals surface area contributed by atoms with Crippen molar-refractivity contribution in [3.05, 3.63) is 47.4 Å². The summed E-state index contributed by atoms with van der Waals surface area (Å²) in [6.07, 6.45) is 1.39. The van der Waals surface area contributed by atoms with Gasteiger partial charge in [0, 0.05) is 11.2 Å². The first-order valence-electron chi connectivity index (χ1n) is 4.71. The molecule has 0 atom stereocenters. The summed E-state index contributed by atoms with van der Waals surface area (Å²) in [5, 5.41) is 0.476. The van der Waals surface area contributed by atoms with Crippen LogP contribution in [0.2, 0.25) is 5.02 Å². The molecule has 0 amide bonds. The largest absolute Gasteiger partial charge is 0.421 e. The van der Waals surface area contributed by atoms with Gasteiger partial charge < -0.3 is 10.5 Å². The minimum atomic E-state index is -0.681. The number of ether oxygens (including phenoxy) is 1. The smallest absolute Gasteiger partial charge is 0.381 e. The van der Waals surface area contributed by atoms with Crippen molar-refractivity contribution in [3.8, 4) is 5.75 Å². The summed E-state index contributed by atoms with van der Waals surface area (Å²) in [6, 6.07) is 7.96. The van der Waals surface area contributed by atoms with Crippen LogP contribution in [-0.4, -0.2) is 15.9 Å². The summed E-state index contributed by atoms with van der Waals surface area (Å²) in [7, 11) is 0. The van der Waals surface area contributed by atoms with Crippen LogP contribution in [0.3, 0.4) is 0 Å². The summed E-state index contributed by atoms with van der Waals surface area (Å²) >= 11 is 5.76. The van der Waals surface area contributed by atoms with Crippen LogP contribution in [-0.2, 0) is 0 Å². The SMILES string of the molecule is Nc1ccnc(C(=O)Oc2cccc(Cl)c2)n1. The molecule has 2 N–H and O–H groups in total. The highest BCUT2D eigenvalue weighted by atomic mass is 35.5. The number of carbonyl (C=O) groups excluding carboxylic acids is 1. The average molecular weight is 250 g/mol. The summed E-state index contributed by atoms with van der Waals surface area (Å²) in [6.45, 7) is 0. The fourth-order valence-corrected chi connectivity index (χ4v) is 1.33. The van der Waals surface area contributed by atoms with E-state index < -0.39 is 5.97 Å². The standard InChI is InChI=1S/C11H8ClN3O2/c12-7-2-1-3-8(6-7)17-11(16)10-14-5-4-9(13)15-10/h1-6H,(H2,13,14,15). The maximum Gasteiger partial charge on any atom is 0.381 e. The van der Waals surface area contributed by atoms with Crippen molar-refractivity contribution in [2.75, 3.05) is 5.73 Å². The highest BCUT2D eigenvalue weighted by Gasteiger charge is 2.12. The molecule has 2 rings (SSSR count). The molecule has 5 nitrogen and oxygen atoms in total. The first kappa shape index (κ1) is 11.3. The van der Waals surface area contributed by atoms with Gasteiger partial charge in [-0.25, -0.2) is 14.8 Å². The molecule has 6 heteroatoms. The number of carbonyl (C=O) groups is 1. The number of hydrogen-bond donors (Lipinski definition) is 1. The molecular formula is C11H8ClN3O2. The summed E-state index contributed by atoms with van der Waals surface area (Å²) in [5.41, 5.74) is 5.43. The molecule has 0 aliphatic carbocycles. The summed E-state index contributed by atoms with van der Waals surface area (Å²) in [5.74, 6) is -0.240. The Morgan fingerprint density at radius 1 is 1.35 bits per heavy atom. The number of aromatic nitrogens is 2. The van der Waals surface area contributed by atoms with Crippen LogP contribution < -0.4 is 10.5 Å². The number of esters is 1. The summed E-state index contributed by atoms with van der Waals surface area (Å²) < 4.78 is 5.03. The predicted molar refractivity (Wildman–Crippen MR) is 62.9 cm³/mol. The number of rotatable bonds is 2. The van der Waals surface area contributed by atoms with Crippen LogP contribution in [0, 0.1) is 0 Å². The molecule has 0 spiro atoms. The molecule has 1 heterocycles. The van der Waals surface area contributed by atoms with E-state index in [4.69, 9.17) is 22.1 Å². The van der Waals surface area contributed by atoms with Gasteiger partial charge in [0.15, 0.2) is 0 Å². The minimum absolute atomic E-state index is 0.0926. The van der Waals surface area contributed by atoms with E-state index in [1.54, 1.807) is 18.2 Å². The molecule has 86 valence electrons. The van der Waals surface area contributed by atoms with E-state index in [1.807, 2.05) is 0 Å². The Kier molecular flexibility index (Phi) is 3.20. The fourth-order valence-electron chi connectivity index (χ4n) is 1.15. The second kappa shape index (κ2) is 4.80. The Morgan fingerprint density at radius 3 is 2.88 bits per heavy atom. The third-order valence-corrected chi connectivity index (χ3v) is 2.10. The monoisotopic (exact) mass is 249 g/mol. The molecule has 0 unspecified atom stereocenters. The lowest BCUT2D eigenvalue weighted by molar-refractivity contribution is 0.0722. The second-order valence-electron chi connectivity index (χ2n) is 3.15. The Labute approximate surface area is 102 Å². The first-order chi connectivity index (χ1) is 8.15. The number of nitrogens with zero attached hydrogens (tertiary/aromatic N) is 2.